The molecule has 2 aliphatic rings. The maximum Gasteiger partial charge on any atom is 0.242 e. The number of carbonyl (C=O) groups is 2. The van der Waals surface area contributed by atoms with Crippen LogP contribution in [-0.4, -0.2) is 65.8 Å². The number of hydrogen-bond donors (Lipinski definition) is 0. The Morgan fingerprint density at radius 3 is 2.50 bits per heavy atom. The molecule has 0 bridgehead atoms. The predicted octanol–water partition coefficient (Wildman–Crippen LogP) is 3.82. The van der Waals surface area contributed by atoms with Crippen LogP contribution in [0, 0.1) is 0 Å². The van der Waals surface area contributed by atoms with Crippen LogP contribution in [0.25, 0.3) is 0 Å². The molecule has 0 unspecified atom stereocenters. The SMILES string of the molecule is O=C1CCCCCN1CC(=O)N(CCN1CCCC1)Cc1ccc(Cl)c(Cl)c1. The molecule has 1 aromatic rings. The first kappa shape index (κ1) is 21.4. The van der Waals surface area contributed by atoms with Gasteiger partial charge in [0.15, 0.2) is 0 Å². The third kappa shape index (κ3) is 6.10. The van der Waals surface area contributed by atoms with Crippen molar-refractivity contribution in [2.24, 2.45) is 0 Å². The average molecular weight is 426 g/mol. The lowest BCUT2D eigenvalue weighted by atomic mass is 10.2. The van der Waals surface area contributed by atoms with E-state index < -0.39 is 0 Å². The van der Waals surface area contributed by atoms with Gasteiger partial charge in [0.25, 0.3) is 0 Å². The van der Waals surface area contributed by atoms with E-state index in [9.17, 15) is 9.59 Å². The lowest BCUT2D eigenvalue weighted by Gasteiger charge is -2.29. The fraction of sp³-hybridized carbons (Fsp3) is 0.619. The minimum atomic E-state index is 0.000481. The summed E-state index contributed by atoms with van der Waals surface area (Å²) in [5, 5.41) is 1.00. The molecule has 5 nitrogen and oxygen atoms in total. The maximum atomic E-state index is 13.1. The Labute approximate surface area is 177 Å². The third-order valence-electron chi connectivity index (χ3n) is 5.59. The lowest BCUT2D eigenvalue weighted by Crippen LogP contribution is -2.44. The van der Waals surface area contributed by atoms with Gasteiger partial charge in [-0.2, -0.15) is 0 Å². The molecular weight excluding hydrogens is 397 g/mol. The van der Waals surface area contributed by atoms with Gasteiger partial charge in [-0.25, -0.2) is 0 Å². The van der Waals surface area contributed by atoms with Gasteiger partial charge in [-0.15, -0.1) is 0 Å². The van der Waals surface area contributed by atoms with E-state index in [2.05, 4.69) is 4.90 Å². The normalized spacial score (nSPS) is 18.4. The van der Waals surface area contributed by atoms with Crippen LogP contribution < -0.4 is 0 Å². The Morgan fingerprint density at radius 2 is 1.75 bits per heavy atom. The number of likely N-dealkylation sites (tertiary alicyclic amines) is 2. The number of hydrogen-bond acceptors (Lipinski definition) is 3. The largest absolute Gasteiger partial charge is 0.336 e. The van der Waals surface area contributed by atoms with E-state index in [0.29, 0.717) is 36.1 Å². The lowest BCUT2D eigenvalue weighted by molar-refractivity contribution is -0.140. The Hall–Kier alpha value is -1.30. The molecule has 0 atom stereocenters. The van der Waals surface area contributed by atoms with E-state index in [1.165, 1.54) is 12.8 Å². The molecule has 0 aliphatic carbocycles. The van der Waals surface area contributed by atoms with Gasteiger partial charge in [0.1, 0.15) is 0 Å². The van der Waals surface area contributed by atoms with Gasteiger partial charge < -0.3 is 14.7 Å². The predicted molar refractivity (Wildman–Crippen MR) is 113 cm³/mol. The first-order chi connectivity index (χ1) is 13.5. The van der Waals surface area contributed by atoms with Gasteiger partial charge in [0, 0.05) is 32.6 Å². The summed E-state index contributed by atoms with van der Waals surface area (Å²) in [6.07, 6.45) is 5.95. The number of benzene rings is 1. The van der Waals surface area contributed by atoms with Crippen molar-refractivity contribution >= 4 is 35.0 Å². The minimum absolute atomic E-state index is 0.000481. The summed E-state index contributed by atoms with van der Waals surface area (Å²) in [7, 11) is 0. The van der Waals surface area contributed by atoms with Crippen molar-refractivity contribution < 1.29 is 9.59 Å². The summed E-state index contributed by atoms with van der Waals surface area (Å²) in [6, 6.07) is 5.49. The molecule has 0 N–H and O–H groups in total. The molecule has 0 radical (unpaired) electrons. The highest BCUT2D eigenvalue weighted by Gasteiger charge is 2.23. The van der Waals surface area contributed by atoms with Crippen molar-refractivity contribution in [1.29, 1.82) is 0 Å². The number of carbonyl (C=O) groups excluding carboxylic acids is 2. The van der Waals surface area contributed by atoms with Gasteiger partial charge in [-0.1, -0.05) is 35.7 Å². The van der Waals surface area contributed by atoms with Crippen molar-refractivity contribution in [1.82, 2.24) is 14.7 Å². The zero-order valence-electron chi connectivity index (χ0n) is 16.3. The molecule has 0 saturated carbocycles. The highest BCUT2D eigenvalue weighted by Crippen LogP contribution is 2.23. The van der Waals surface area contributed by atoms with Crippen molar-refractivity contribution in [2.45, 2.75) is 45.1 Å². The third-order valence-corrected chi connectivity index (χ3v) is 6.33. The smallest absolute Gasteiger partial charge is 0.242 e. The van der Waals surface area contributed by atoms with Gasteiger partial charge in [-0.05, 0) is 56.5 Å². The van der Waals surface area contributed by atoms with E-state index in [1.54, 1.807) is 11.0 Å². The number of amides is 2. The van der Waals surface area contributed by atoms with Crippen molar-refractivity contribution in [3.8, 4) is 0 Å². The highest BCUT2D eigenvalue weighted by atomic mass is 35.5. The second-order valence-corrected chi connectivity index (χ2v) is 8.55. The van der Waals surface area contributed by atoms with Crippen molar-refractivity contribution in [3.63, 3.8) is 0 Å². The van der Waals surface area contributed by atoms with Crippen molar-refractivity contribution in [3.05, 3.63) is 33.8 Å². The van der Waals surface area contributed by atoms with Crippen LogP contribution >= 0.6 is 23.2 Å². The first-order valence-electron chi connectivity index (χ1n) is 10.2. The average Bonchev–Trinajstić information content (AvgIpc) is 3.12. The quantitative estimate of drug-likeness (QED) is 0.666. The molecule has 0 aromatic heterocycles. The topological polar surface area (TPSA) is 43.9 Å². The summed E-state index contributed by atoms with van der Waals surface area (Å²) < 4.78 is 0. The Morgan fingerprint density at radius 1 is 1.00 bits per heavy atom. The zero-order valence-corrected chi connectivity index (χ0v) is 17.9. The standard InChI is InChI=1S/C21H29Cl2N3O2/c22-18-8-7-17(14-19(18)23)15-26(13-12-24-9-4-5-10-24)21(28)16-25-11-3-1-2-6-20(25)27/h7-8,14H,1-6,9-13,15-16H2. The van der Waals surface area contributed by atoms with Gasteiger partial charge >= 0.3 is 0 Å². The number of halogens is 2. The van der Waals surface area contributed by atoms with Crippen LogP contribution in [0.4, 0.5) is 0 Å². The Balaban J connectivity index is 1.66. The van der Waals surface area contributed by atoms with Crippen molar-refractivity contribution in [2.75, 3.05) is 39.3 Å². The maximum absolute atomic E-state index is 13.1. The van der Waals surface area contributed by atoms with Crippen LogP contribution in [0.15, 0.2) is 18.2 Å². The van der Waals surface area contributed by atoms with Crippen LogP contribution in [0.2, 0.25) is 10.0 Å². The molecule has 154 valence electrons. The molecule has 0 spiro atoms. The molecule has 28 heavy (non-hydrogen) atoms. The fourth-order valence-electron chi connectivity index (χ4n) is 3.89. The molecule has 1 aromatic carbocycles. The minimum Gasteiger partial charge on any atom is -0.336 e. The second kappa shape index (κ2) is 10.5. The summed E-state index contributed by atoms with van der Waals surface area (Å²) in [4.78, 5) is 31.4. The second-order valence-electron chi connectivity index (χ2n) is 7.74. The molecule has 2 fully saturated rings. The summed E-state index contributed by atoms with van der Waals surface area (Å²) in [5.74, 6) is 0.0976. The molecular formula is C21H29Cl2N3O2. The number of rotatable bonds is 7. The van der Waals surface area contributed by atoms with E-state index in [0.717, 1.165) is 44.5 Å². The molecule has 3 rings (SSSR count). The summed E-state index contributed by atoms with van der Waals surface area (Å²) in [6.45, 7) is 5.03. The number of nitrogens with zero attached hydrogens (tertiary/aromatic N) is 3. The zero-order chi connectivity index (χ0) is 19.9. The van der Waals surface area contributed by atoms with Crippen LogP contribution in [0.3, 0.4) is 0 Å². The Kier molecular flexibility index (Phi) is 8.00. The van der Waals surface area contributed by atoms with Gasteiger partial charge in [-0.3, -0.25) is 9.59 Å². The summed E-state index contributed by atoms with van der Waals surface area (Å²) >= 11 is 12.2. The van der Waals surface area contributed by atoms with Gasteiger partial charge in [0.2, 0.25) is 11.8 Å². The fourth-order valence-corrected chi connectivity index (χ4v) is 4.21. The van der Waals surface area contributed by atoms with E-state index in [-0.39, 0.29) is 18.4 Å². The summed E-state index contributed by atoms with van der Waals surface area (Å²) in [5.41, 5.74) is 0.950. The molecule has 2 aliphatic heterocycles. The molecule has 2 saturated heterocycles. The monoisotopic (exact) mass is 425 g/mol. The van der Waals surface area contributed by atoms with Crippen LogP contribution in [-0.2, 0) is 16.1 Å². The van der Waals surface area contributed by atoms with E-state index >= 15 is 0 Å². The molecule has 2 amide bonds. The van der Waals surface area contributed by atoms with E-state index in [1.807, 2.05) is 17.0 Å². The molecule has 7 heteroatoms. The van der Waals surface area contributed by atoms with Crippen LogP contribution in [0.5, 0.6) is 0 Å². The van der Waals surface area contributed by atoms with Crippen LogP contribution in [0.1, 0.15) is 44.1 Å². The van der Waals surface area contributed by atoms with E-state index in [4.69, 9.17) is 23.2 Å². The van der Waals surface area contributed by atoms with Gasteiger partial charge in [0.05, 0.1) is 16.6 Å². The first-order valence-corrected chi connectivity index (χ1v) is 11.0. The Bertz CT molecular complexity index is 692. The molecule has 2 heterocycles. The highest BCUT2D eigenvalue weighted by molar-refractivity contribution is 6.42.